The molecule has 0 spiro atoms. The zero-order chi connectivity index (χ0) is 23.2. The maximum absolute atomic E-state index is 13.2. The van der Waals surface area contributed by atoms with E-state index >= 15 is 0 Å². The maximum Gasteiger partial charge on any atom is 0.267 e. The first kappa shape index (κ1) is 22.3. The summed E-state index contributed by atoms with van der Waals surface area (Å²) >= 11 is 0. The number of nitrogens with zero attached hydrogens (tertiary/aromatic N) is 4. The molecule has 1 aliphatic heterocycles. The highest BCUT2D eigenvalue weighted by atomic mass is 19.1. The number of carbonyl (C=O) groups is 1. The van der Waals surface area contributed by atoms with Gasteiger partial charge in [-0.2, -0.15) is 5.10 Å². The number of methoxy groups -OCH3 is 1. The number of para-hydroxylation sites is 1. The minimum atomic E-state index is -0.337. The van der Waals surface area contributed by atoms with Crippen LogP contribution in [0, 0.1) is 5.82 Å². The Hall–Kier alpha value is -3.88. The Morgan fingerprint density at radius 3 is 2.42 bits per heavy atom. The SMILES string of the molecule is COc1ccccc1CNC(=O)Cn1nc(N2CCN(c3ccc(F)cc3)CC2)ccc1=O. The van der Waals surface area contributed by atoms with E-state index in [1.165, 1.54) is 22.9 Å². The zero-order valence-corrected chi connectivity index (χ0v) is 18.4. The van der Waals surface area contributed by atoms with E-state index < -0.39 is 0 Å². The molecule has 1 saturated heterocycles. The molecule has 8 nitrogen and oxygen atoms in total. The van der Waals surface area contributed by atoms with Gasteiger partial charge in [0.05, 0.1) is 7.11 Å². The predicted octanol–water partition coefficient (Wildman–Crippen LogP) is 2.03. The van der Waals surface area contributed by atoms with E-state index in [9.17, 15) is 14.0 Å². The molecule has 0 aliphatic carbocycles. The molecule has 0 unspecified atom stereocenters. The molecule has 4 rings (SSSR count). The fraction of sp³-hybridized carbons (Fsp3) is 0.292. The van der Waals surface area contributed by atoms with Gasteiger partial charge >= 0.3 is 0 Å². The summed E-state index contributed by atoms with van der Waals surface area (Å²) in [7, 11) is 1.58. The van der Waals surface area contributed by atoms with Crippen molar-refractivity contribution in [3.63, 3.8) is 0 Å². The molecule has 0 atom stereocenters. The third-order valence-corrected chi connectivity index (χ3v) is 5.61. The molecule has 1 N–H and O–H groups in total. The Balaban J connectivity index is 1.36. The monoisotopic (exact) mass is 451 g/mol. The van der Waals surface area contributed by atoms with E-state index in [4.69, 9.17) is 4.74 Å². The van der Waals surface area contributed by atoms with Crippen molar-refractivity contribution in [3.05, 3.63) is 82.4 Å². The molecule has 1 amide bonds. The normalized spacial score (nSPS) is 13.6. The number of nitrogens with one attached hydrogen (secondary N) is 1. The van der Waals surface area contributed by atoms with Crippen molar-refractivity contribution >= 4 is 17.4 Å². The van der Waals surface area contributed by atoms with Crippen LogP contribution < -0.4 is 25.4 Å². The third kappa shape index (κ3) is 5.49. The number of ether oxygens (including phenoxy) is 1. The second kappa shape index (κ2) is 10.2. The lowest BCUT2D eigenvalue weighted by molar-refractivity contribution is -0.122. The summed E-state index contributed by atoms with van der Waals surface area (Å²) < 4.78 is 19.6. The lowest BCUT2D eigenvalue weighted by Crippen LogP contribution is -2.47. The van der Waals surface area contributed by atoms with Crippen LogP contribution in [0.3, 0.4) is 0 Å². The molecule has 2 heterocycles. The second-order valence-electron chi connectivity index (χ2n) is 7.73. The number of benzene rings is 2. The highest BCUT2D eigenvalue weighted by molar-refractivity contribution is 5.75. The first-order valence-corrected chi connectivity index (χ1v) is 10.8. The average molecular weight is 452 g/mol. The minimum Gasteiger partial charge on any atom is -0.496 e. The Kier molecular flexibility index (Phi) is 6.87. The van der Waals surface area contributed by atoms with Crippen LogP contribution in [0.4, 0.5) is 15.9 Å². The first-order chi connectivity index (χ1) is 16.0. The van der Waals surface area contributed by atoms with Gasteiger partial charge in [0.25, 0.3) is 5.56 Å². The molecule has 1 aromatic heterocycles. The van der Waals surface area contributed by atoms with Gasteiger partial charge in [-0.3, -0.25) is 9.59 Å². The number of hydrogen-bond acceptors (Lipinski definition) is 6. The smallest absolute Gasteiger partial charge is 0.267 e. The molecule has 0 saturated carbocycles. The summed E-state index contributed by atoms with van der Waals surface area (Å²) in [6, 6.07) is 17.0. The average Bonchev–Trinajstić information content (AvgIpc) is 2.85. The van der Waals surface area contributed by atoms with Gasteiger partial charge in [-0.25, -0.2) is 9.07 Å². The summed E-state index contributed by atoms with van der Waals surface area (Å²) in [6.07, 6.45) is 0. The van der Waals surface area contributed by atoms with Gasteiger partial charge in [0.1, 0.15) is 23.9 Å². The van der Waals surface area contributed by atoms with E-state index in [2.05, 4.69) is 20.2 Å². The van der Waals surface area contributed by atoms with Crippen molar-refractivity contribution in [2.45, 2.75) is 13.1 Å². The molecule has 0 radical (unpaired) electrons. The molecule has 33 heavy (non-hydrogen) atoms. The highest BCUT2D eigenvalue weighted by Crippen LogP contribution is 2.19. The van der Waals surface area contributed by atoms with Crippen LogP contribution in [0.1, 0.15) is 5.56 Å². The van der Waals surface area contributed by atoms with Crippen molar-refractivity contribution < 1.29 is 13.9 Å². The lowest BCUT2D eigenvalue weighted by Gasteiger charge is -2.36. The van der Waals surface area contributed by atoms with E-state index in [0.717, 1.165) is 24.3 Å². The van der Waals surface area contributed by atoms with Gasteiger partial charge in [0, 0.05) is 50.0 Å². The van der Waals surface area contributed by atoms with Gasteiger partial charge in [-0.05, 0) is 36.4 Å². The second-order valence-corrected chi connectivity index (χ2v) is 7.73. The van der Waals surface area contributed by atoms with Gasteiger partial charge in [0.2, 0.25) is 5.91 Å². The van der Waals surface area contributed by atoms with E-state index in [0.29, 0.717) is 31.2 Å². The van der Waals surface area contributed by atoms with Crippen LogP contribution in [-0.4, -0.2) is 49.0 Å². The van der Waals surface area contributed by atoms with E-state index in [1.54, 1.807) is 25.3 Å². The molecule has 9 heteroatoms. The molecule has 172 valence electrons. The van der Waals surface area contributed by atoms with Crippen molar-refractivity contribution in [1.82, 2.24) is 15.1 Å². The summed E-state index contributed by atoms with van der Waals surface area (Å²) in [5, 5.41) is 7.22. The molecule has 2 aromatic carbocycles. The van der Waals surface area contributed by atoms with Crippen molar-refractivity contribution in [2.24, 2.45) is 0 Å². The third-order valence-electron chi connectivity index (χ3n) is 5.61. The maximum atomic E-state index is 13.2. The number of piperazine rings is 1. The van der Waals surface area contributed by atoms with Crippen LogP contribution in [0.2, 0.25) is 0 Å². The van der Waals surface area contributed by atoms with Gasteiger partial charge < -0.3 is 19.9 Å². The Morgan fingerprint density at radius 2 is 1.70 bits per heavy atom. The number of aromatic nitrogens is 2. The highest BCUT2D eigenvalue weighted by Gasteiger charge is 2.19. The Labute approximate surface area is 191 Å². The standard InChI is InChI=1S/C24H26FN5O3/c1-33-21-5-3-2-4-18(21)16-26-23(31)17-30-24(32)11-10-22(27-30)29-14-12-28(13-15-29)20-8-6-19(25)7-9-20/h2-11H,12-17H2,1H3,(H,26,31). The van der Waals surface area contributed by atoms with Crippen molar-refractivity contribution in [2.75, 3.05) is 43.1 Å². The summed E-state index contributed by atoms with van der Waals surface area (Å²) in [5.41, 5.74) is 1.48. The minimum absolute atomic E-state index is 0.169. The summed E-state index contributed by atoms with van der Waals surface area (Å²) in [4.78, 5) is 29.0. The summed E-state index contributed by atoms with van der Waals surface area (Å²) in [5.74, 6) is 0.769. The fourth-order valence-corrected chi connectivity index (χ4v) is 3.80. The Morgan fingerprint density at radius 1 is 1.00 bits per heavy atom. The van der Waals surface area contributed by atoms with Crippen LogP contribution in [0.15, 0.2) is 65.5 Å². The molecule has 0 bridgehead atoms. The quantitative estimate of drug-likeness (QED) is 0.592. The molecule has 1 fully saturated rings. The molecule has 1 aliphatic rings. The summed E-state index contributed by atoms with van der Waals surface area (Å²) in [6.45, 7) is 3.00. The van der Waals surface area contributed by atoms with Crippen LogP contribution in [0.25, 0.3) is 0 Å². The van der Waals surface area contributed by atoms with E-state index in [-0.39, 0.29) is 23.8 Å². The number of rotatable bonds is 7. The lowest BCUT2D eigenvalue weighted by atomic mass is 10.2. The number of anilines is 2. The topological polar surface area (TPSA) is 79.7 Å². The fourth-order valence-electron chi connectivity index (χ4n) is 3.80. The van der Waals surface area contributed by atoms with Crippen molar-refractivity contribution in [1.29, 1.82) is 0 Å². The van der Waals surface area contributed by atoms with Gasteiger partial charge in [0.15, 0.2) is 0 Å². The van der Waals surface area contributed by atoms with Crippen LogP contribution in [0.5, 0.6) is 5.75 Å². The van der Waals surface area contributed by atoms with Crippen molar-refractivity contribution in [3.8, 4) is 5.75 Å². The molecule has 3 aromatic rings. The van der Waals surface area contributed by atoms with E-state index in [1.807, 2.05) is 24.3 Å². The molecular weight excluding hydrogens is 425 g/mol. The zero-order valence-electron chi connectivity index (χ0n) is 18.4. The Bertz CT molecular complexity index is 1160. The number of halogens is 1. The largest absolute Gasteiger partial charge is 0.496 e. The first-order valence-electron chi connectivity index (χ1n) is 10.8. The number of hydrogen-bond donors (Lipinski definition) is 1. The number of carbonyl (C=O) groups excluding carboxylic acids is 1. The van der Waals surface area contributed by atoms with Gasteiger partial charge in [-0.1, -0.05) is 18.2 Å². The number of amides is 1. The predicted molar refractivity (Wildman–Crippen MR) is 124 cm³/mol. The molecular formula is C24H26FN5O3. The van der Waals surface area contributed by atoms with Gasteiger partial charge in [-0.15, -0.1) is 0 Å². The van der Waals surface area contributed by atoms with Crippen LogP contribution >= 0.6 is 0 Å². The van der Waals surface area contributed by atoms with Crippen LogP contribution in [-0.2, 0) is 17.9 Å².